The minimum atomic E-state index is -0.826. The molecular formula is C54H62Cl2OSiZr. The van der Waals surface area contributed by atoms with Crippen LogP contribution in [0.4, 0.5) is 0 Å². The molecule has 8 rings (SSSR count). The normalized spacial score (nSPS) is 13.1. The van der Waals surface area contributed by atoms with Gasteiger partial charge in [-0.3, -0.25) is 0 Å². The monoisotopic (exact) mass is 914 g/mol. The molecule has 1 aliphatic rings. The van der Waals surface area contributed by atoms with Gasteiger partial charge in [0.25, 0.3) is 0 Å². The fourth-order valence-corrected chi connectivity index (χ4v) is 9.27. The van der Waals surface area contributed by atoms with E-state index in [0.29, 0.717) is 5.92 Å². The van der Waals surface area contributed by atoms with Crippen molar-refractivity contribution in [2.75, 3.05) is 7.11 Å². The average molecular weight is 917 g/mol. The summed E-state index contributed by atoms with van der Waals surface area (Å²) in [6.07, 6.45) is 2.37. The molecular weight excluding hydrogens is 855 g/mol. The van der Waals surface area contributed by atoms with E-state index in [4.69, 9.17) is 21.8 Å². The van der Waals surface area contributed by atoms with Gasteiger partial charge in [0.15, 0.2) is 0 Å². The molecule has 7 aromatic carbocycles. The van der Waals surface area contributed by atoms with Crippen molar-refractivity contribution in [1.82, 2.24) is 0 Å². The molecule has 5 heteroatoms. The number of hydrogen-bond donors (Lipinski definition) is 0. The predicted molar refractivity (Wildman–Crippen MR) is 259 cm³/mol. The van der Waals surface area contributed by atoms with Crippen molar-refractivity contribution in [3.05, 3.63) is 158 Å². The second-order valence-electron chi connectivity index (χ2n) is 17.8. The van der Waals surface area contributed by atoms with Crippen LogP contribution < -0.4 is 4.74 Å². The van der Waals surface area contributed by atoms with Crippen LogP contribution in [0.5, 0.6) is 5.75 Å². The fourth-order valence-electron chi connectivity index (χ4n) is 9.27. The van der Waals surface area contributed by atoms with E-state index in [1.54, 1.807) is 18.2 Å². The molecule has 0 aliphatic heterocycles. The topological polar surface area (TPSA) is 9.23 Å². The Labute approximate surface area is 377 Å². The summed E-state index contributed by atoms with van der Waals surface area (Å²) in [5, 5.41) is 5.40. The summed E-state index contributed by atoms with van der Waals surface area (Å²) in [5.74, 6) is 1.51. The van der Waals surface area contributed by atoms with E-state index in [0.717, 1.165) is 21.7 Å². The van der Waals surface area contributed by atoms with Crippen LogP contribution in [-0.2, 0) is 32.7 Å². The minimum absolute atomic E-state index is 0.0261. The maximum absolute atomic E-state index is 5.95. The first-order chi connectivity index (χ1) is 27.9. The summed E-state index contributed by atoms with van der Waals surface area (Å²) in [6.45, 7) is 28.6. The summed E-state index contributed by atoms with van der Waals surface area (Å²) in [5.41, 5.74) is 21.9. The zero-order valence-electron chi connectivity index (χ0n) is 37.8. The Morgan fingerprint density at radius 3 is 1.46 bits per heavy atom. The van der Waals surface area contributed by atoms with Crippen LogP contribution in [0.2, 0.25) is 13.1 Å². The van der Waals surface area contributed by atoms with Gasteiger partial charge in [0, 0.05) is 15.4 Å². The Hall–Kier alpha value is -3.20. The molecule has 0 heterocycles. The predicted octanol–water partition coefficient (Wildman–Crippen LogP) is 16.5. The molecule has 2 radical (unpaired) electrons. The molecule has 0 saturated heterocycles. The molecule has 1 aliphatic carbocycles. The van der Waals surface area contributed by atoms with Gasteiger partial charge >= 0.3 is 37.9 Å². The molecule has 306 valence electrons. The molecule has 1 unspecified atom stereocenters. The summed E-state index contributed by atoms with van der Waals surface area (Å²) < 4.78 is 5.95. The number of rotatable bonds is 4. The Kier molecular flexibility index (Phi) is 16.0. The number of methoxy groups -OCH3 is 1. The van der Waals surface area contributed by atoms with Gasteiger partial charge in [-0.2, -0.15) is 12.1 Å². The molecule has 59 heavy (non-hydrogen) atoms. The molecule has 0 amide bonds. The van der Waals surface area contributed by atoms with Gasteiger partial charge in [0.1, 0.15) is 5.75 Å². The van der Waals surface area contributed by atoms with E-state index in [9.17, 15) is 0 Å². The van der Waals surface area contributed by atoms with Crippen molar-refractivity contribution in [3.63, 3.8) is 0 Å². The van der Waals surface area contributed by atoms with Crippen LogP contribution in [-0.4, -0.2) is 16.6 Å². The Morgan fingerprint density at radius 2 is 1.02 bits per heavy atom. The molecule has 1 atom stereocenters. The molecule has 1 nitrogen and oxygen atoms in total. The van der Waals surface area contributed by atoms with Crippen molar-refractivity contribution in [1.29, 1.82) is 0 Å². The van der Waals surface area contributed by atoms with E-state index < -0.39 is 20.8 Å². The van der Waals surface area contributed by atoms with Gasteiger partial charge in [-0.15, -0.1) is 56.9 Å². The first-order valence-corrected chi connectivity index (χ1v) is 29.1. The van der Waals surface area contributed by atoms with Crippen LogP contribution >= 0.6 is 17.0 Å². The number of halogens is 2. The zero-order chi connectivity index (χ0) is 43.3. The van der Waals surface area contributed by atoms with Gasteiger partial charge in [0.2, 0.25) is 0 Å². The molecule has 0 aromatic heterocycles. The quantitative estimate of drug-likeness (QED) is 0.126. The number of benzene rings is 5. The molecule has 0 N–H and O–H groups in total. The van der Waals surface area contributed by atoms with Crippen molar-refractivity contribution >= 4 is 48.1 Å². The second kappa shape index (κ2) is 20.1. The van der Waals surface area contributed by atoms with E-state index in [2.05, 4.69) is 180 Å². The van der Waals surface area contributed by atoms with E-state index in [1.165, 1.54) is 106 Å². The Balaban J connectivity index is 0.000000201. The molecule has 0 fully saturated rings. The third kappa shape index (κ3) is 11.0. The van der Waals surface area contributed by atoms with Gasteiger partial charge in [0.05, 0.1) is 7.11 Å². The Morgan fingerprint density at radius 1 is 0.610 bits per heavy atom. The van der Waals surface area contributed by atoms with Crippen LogP contribution in [0.1, 0.15) is 99.9 Å². The third-order valence-electron chi connectivity index (χ3n) is 11.1. The first kappa shape index (κ1) is 46.9. The third-order valence-corrected chi connectivity index (χ3v) is 11.1. The summed E-state index contributed by atoms with van der Waals surface area (Å²) in [6, 6.07) is 34.9. The Bertz CT molecular complexity index is 2500. The van der Waals surface area contributed by atoms with E-state index >= 15 is 0 Å². The van der Waals surface area contributed by atoms with Gasteiger partial charge < -0.3 is 4.74 Å². The van der Waals surface area contributed by atoms with Gasteiger partial charge in [-0.1, -0.05) is 152 Å². The van der Waals surface area contributed by atoms with E-state index in [1.807, 2.05) is 0 Å². The average Bonchev–Trinajstić information content (AvgIpc) is 3.83. The van der Waals surface area contributed by atoms with E-state index in [-0.39, 0.29) is 5.41 Å². The first-order valence-electron chi connectivity index (χ1n) is 20.7. The number of fused-ring (bicyclic) bond motifs is 3. The van der Waals surface area contributed by atoms with Crippen LogP contribution in [0, 0.1) is 55.4 Å². The standard InChI is InChI=1S/C29H29.C23H27O.C2H6Si.2ClH.Zr/c1-17-8-18(2)11-22(10-17)25-6-7-26-28(25)16-23-12-21(5)15-27(23)29(26)24-13-19(3)9-20(4)14-24;1-14-8-15(2)11-18(10-14)21-19-12-16(3)9-17(19)13-20(22(21)24-7)23(4,5)6;1-3-2;;;/h8-16,25H,6-7H2,1-5H3;8-13H,1-7H3;1-2H3;2*1H;/q2*-1;;;;+4/p-2. The number of aryl methyl sites for hydroxylation is 8. The van der Waals surface area contributed by atoms with Crippen LogP contribution in [0.3, 0.4) is 0 Å². The summed E-state index contributed by atoms with van der Waals surface area (Å²) >= 11 is -0.826. The molecule has 0 spiro atoms. The second-order valence-corrected chi connectivity index (χ2v) is 22.5. The van der Waals surface area contributed by atoms with Crippen LogP contribution in [0.15, 0.2) is 91.0 Å². The summed E-state index contributed by atoms with van der Waals surface area (Å²) in [4.78, 5) is 0. The maximum atomic E-state index is 5.95. The SMILES string of the molecule is COc1c(C(C)(C)C)cc2[cH-]c(C)cc2c1-c1cc(C)cc(C)c1.C[Si]C.Cc1cc(C)cc(-c2c3c(cc4[cH-]c(C)cc24)C(c2cc(C)cc(C)c2)CC3)c1.[Cl][Zr+2][Cl]. The van der Waals surface area contributed by atoms with Gasteiger partial charge in [-0.25, -0.2) is 0 Å². The van der Waals surface area contributed by atoms with Crippen molar-refractivity contribution in [3.8, 4) is 28.0 Å². The van der Waals surface area contributed by atoms with Crippen molar-refractivity contribution in [2.45, 2.75) is 113 Å². The molecule has 0 saturated carbocycles. The molecule has 0 bridgehead atoms. The van der Waals surface area contributed by atoms with Crippen molar-refractivity contribution in [2.24, 2.45) is 0 Å². The fraction of sp³-hybridized carbons (Fsp3) is 0.333. The molecule has 7 aromatic rings. The van der Waals surface area contributed by atoms with Crippen molar-refractivity contribution < 1.29 is 25.6 Å². The van der Waals surface area contributed by atoms with Gasteiger partial charge in [-0.05, 0) is 87.6 Å². The number of ether oxygens (including phenoxy) is 1. The van der Waals surface area contributed by atoms with Crippen LogP contribution in [0.25, 0.3) is 43.8 Å². The zero-order valence-corrected chi connectivity index (χ0v) is 42.8. The number of hydrogen-bond acceptors (Lipinski definition) is 1. The summed E-state index contributed by atoms with van der Waals surface area (Å²) in [7, 11) is 12.7.